The number of hydrogen-bond acceptors (Lipinski definition) is 3. The third kappa shape index (κ3) is 2.74. The molecule has 1 fully saturated rings. The van der Waals surface area contributed by atoms with E-state index >= 15 is 0 Å². The molecule has 0 aromatic rings. The zero-order chi connectivity index (χ0) is 12.0. The summed E-state index contributed by atoms with van der Waals surface area (Å²) in [5.74, 6) is 0.135. The Morgan fingerprint density at radius 3 is 2.94 bits per heavy atom. The maximum atomic E-state index is 11.7. The minimum Gasteiger partial charge on any atom is -0.385 e. The second-order valence-electron chi connectivity index (χ2n) is 4.63. The van der Waals surface area contributed by atoms with Crippen LogP contribution in [-0.4, -0.2) is 31.7 Å². The predicted molar refractivity (Wildman–Crippen MR) is 64.1 cm³/mol. The number of carbonyl (C=O) groups is 1. The van der Waals surface area contributed by atoms with Gasteiger partial charge in [0.25, 0.3) is 0 Å². The number of primary amides is 1. The lowest BCUT2D eigenvalue weighted by atomic mass is 9.84. The SMILES string of the molecule is CCCNC1(C(N)=O)CCCC1CCOC. The van der Waals surface area contributed by atoms with Crippen molar-refractivity contribution in [1.82, 2.24) is 5.32 Å². The smallest absolute Gasteiger partial charge is 0.238 e. The van der Waals surface area contributed by atoms with Crippen molar-refractivity contribution in [3.63, 3.8) is 0 Å². The molecular formula is C12H24N2O2. The van der Waals surface area contributed by atoms with Crippen LogP contribution in [0.3, 0.4) is 0 Å². The molecule has 0 heterocycles. The Hall–Kier alpha value is -0.610. The first-order chi connectivity index (χ1) is 7.67. The van der Waals surface area contributed by atoms with Crippen molar-refractivity contribution in [2.45, 2.75) is 44.6 Å². The summed E-state index contributed by atoms with van der Waals surface area (Å²) in [6, 6.07) is 0. The zero-order valence-corrected chi connectivity index (χ0v) is 10.4. The Morgan fingerprint density at radius 1 is 1.62 bits per heavy atom. The molecule has 94 valence electrons. The van der Waals surface area contributed by atoms with Gasteiger partial charge >= 0.3 is 0 Å². The number of carbonyl (C=O) groups excluding carboxylic acids is 1. The van der Waals surface area contributed by atoms with Crippen LogP contribution in [0.5, 0.6) is 0 Å². The van der Waals surface area contributed by atoms with Crippen LogP contribution in [0.1, 0.15) is 39.0 Å². The number of rotatable bonds is 7. The Kier molecular flexibility index (Phi) is 5.22. The normalized spacial score (nSPS) is 29.5. The molecule has 1 aliphatic rings. The average molecular weight is 228 g/mol. The van der Waals surface area contributed by atoms with Crippen molar-refractivity contribution >= 4 is 5.91 Å². The second kappa shape index (κ2) is 6.21. The van der Waals surface area contributed by atoms with E-state index in [-0.39, 0.29) is 5.91 Å². The van der Waals surface area contributed by atoms with Crippen molar-refractivity contribution < 1.29 is 9.53 Å². The van der Waals surface area contributed by atoms with E-state index in [0.717, 1.165) is 38.6 Å². The summed E-state index contributed by atoms with van der Waals surface area (Å²) >= 11 is 0. The highest BCUT2D eigenvalue weighted by atomic mass is 16.5. The first-order valence-electron chi connectivity index (χ1n) is 6.21. The van der Waals surface area contributed by atoms with E-state index in [4.69, 9.17) is 10.5 Å². The molecule has 0 radical (unpaired) electrons. The van der Waals surface area contributed by atoms with E-state index in [1.165, 1.54) is 0 Å². The molecule has 2 unspecified atom stereocenters. The van der Waals surface area contributed by atoms with Crippen molar-refractivity contribution in [1.29, 1.82) is 0 Å². The van der Waals surface area contributed by atoms with Crippen LogP contribution >= 0.6 is 0 Å². The third-order valence-electron chi connectivity index (χ3n) is 3.62. The van der Waals surface area contributed by atoms with Gasteiger partial charge < -0.3 is 15.8 Å². The Balaban J connectivity index is 2.68. The standard InChI is InChI=1S/C12H24N2O2/c1-3-8-14-12(11(13)15)7-4-5-10(12)6-9-16-2/h10,14H,3-9H2,1-2H3,(H2,13,15). The summed E-state index contributed by atoms with van der Waals surface area (Å²) in [5.41, 5.74) is 5.12. The number of hydrogen-bond donors (Lipinski definition) is 2. The molecule has 1 aliphatic carbocycles. The first-order valence-corrected chi connectivity index (χ1v) is 6.21. The van der Waals surface area contributed by atoms with E-state index in [9.17, 15) is 4.79 Å². The molecule has 2 atom stereocenters. The number of nitrogens with two attached hydrogens (primary N) is 1. The Morgan fingerprint density at radius 2 is 2.38 bits per heavy atom. The molecule has 1 saturated carbocycles. The van der Waals surface area contributed by atoms with Crippen molar-refractivity contribution in [3.05, 3.63) is 0 Å². The van der Waals surface area contributed by atoms with Gasteiger partial charge in [-0.05, 0) is 38.1 Å². The van der Waals surface area contributed by atoms with Crippen LogP contribution in [0.4, 0.5) is 0 Å². The molecule has 0 aromatic heterocycles. The molecule has 16 heavy (non-hydrogen) atoms. The third-order valence-corrected chi connectivity index (χ3v) is 3.62. The van der Waals surface area contributed by atoms with Crippen molar-refractivity contribution in [2.24, 2.45) is 11.7 Å². The maximum Gasteiger partial charge on any atom is 0.238 e. The van der Waals surface area contributed by atoms with Crippen LogP contribution in [-0.2, 0) is 9.53 Å². The lowest BCUT2D eigenvalue weighted by Gasteiger charge is -2.33. The highest BCUT2D eigenvalue weighted by Crippen LogP contribution is 2.37. The number of methoxy groups -OCH3 is 1. The molecule has 0 bridgehead atoms. The lowest BCUT2D eigenvalue weighted by molar-refractivity contribution is -0.126. The predicted octanol–water partition coefficient (Wildman–Crippen LogP) is 1.05. The molecule has 0 aliphatic heterocycles. The zero-order valence-electron chi connectivity index (χ0n) is 10.4. The molecule has 1 rings (SSSR count). The quantitative estimate of drug-likeness (QED) is 0.684. The van der Waals surface area contributed by atoms with Gasteiger partial charge in [-0.15, -0.1) is 0 Å². The minimum atomic E-state index is -0.478. The fraction of sp³-hybridized carbons (Fsp3) is 0.917. The van der Waals surface area contributed by atoms with Gasteiger partial charge in [-0.2, -0.15) is 0 Å². The van der Waals surface area contributed by atoms with E-state index in [1.807, 2.05) is 0 Å². The fourth-order valence-electron chi connectivity index (χ4n) is 2.72. The topological polar surface area (TPSA) is 64.3 Å². The number of amides is 1. The largest absolute Gasteiger partial charge is 0.385 e. The monoisotopic (exact) mass is 228 g/mol. The summed E-state index contributed by atoms with van der Waals surface area (Å²) in [5, 5.41) is 3.37. The van der Waals surface area contributed by atoms with E-state index in [0.29, 0.717) is 12.5 Å². The lowest BCUT2D eigenvalue weighted by Crippen LogP contribution is -2.58. The van der Waals surface area contributed by atoms with Crippen molar-refractivity contribution in [2.75, 3.05) is 20.3 Å². The van der Waals surface area contributed by atoms with E-state index < -0.39 is 5.54 Å². The maximum absolute atomic E-state index is 11.7. The van der Waals surface area contributed by atoms with Gasteiger partial charge in [0.05, 0.1) is 0 Å². The molecule has 1 amide bonds. The summed E-state index contributed by atoms with van der Waals surface area (Å²) in [7, 11) is 1.69. The minimum absolute atomic E-state index is 0.195. The molecule has 3 N–H and O–H groups in total. The van der Waals surface area contributed by atoms with Gasteiger partial charge in [0.2, 0.25) is 5.91 Å². The summed E-state index contributed by atoms with van der Waals surface area (Å²) in [6.45, 7) is 3.65. The van der Waals surface area contributed by atoms with Gasteiger partial charge in [-0.1, -0.05) is 13.3 Å². The molecule has 0 aromatic carbocycles. The molecular weight excluding hydrogens is 204 g/mol. The van der Waals surface area contributed by atoms with Gasteiger partial charge in [0.15, 0.2) is 0 Å². The summed E-state index contributed by atoms with van der Waals surface area (Å²) < 4.78 is 5.10. The average Bonchev–Trinajstić information content (AvgIpc) is 2.67. The first kappa shape index (κ1) is 13.5. The van der Waals surface area contributed by atoms with E-state index in [2.05, 4.69) is 12.2 Å². The van der Waals surface area contributed by atoms with Crippen molar-refractivity contribution in [3.8, 4) is 0 Å². The van der Waals surface area contributed by atoms with Crippen LogP contribution in [0.25, 0.3) is 0 Å². The fourth-order valence-corrected chi connectivity index (χ4v) is 2.72. The summed E-state index contributed by atoms with van der Waals surface area (Å²) in [4.78, 5) is 11.7. The van der Waals surface area contributed by atoms with Gasteiger partial charge in [-0.25, -0.2) is 0 Å². The van der Waals surface area contributed by atoms with Crippen LogP contribution in [0.2, 0.25) is 0 Å². The summed E-state index contributed by atoms with van der Waals surface area (Å²) in [6.07, 6.45) is 4.95. The Bertz CT molecular complexity index is 233. The Labute approximate surface area is 97.9 Å². The highest BCUT2D eigenvalue weighted by Gasteiger charge is 2.46. The van der Waals surface area contributed by atoms with Gasteiger partial charge in [0.1, 0.15) is 5.54 Å². The van der Waals surface area contributed by atoms with Crippen LogP contribution in [0.15, 0.2) is 0 Å². The van der Waals surface area contributed by atoms with E-state index in [1.54, 1.807) is 7.11 Å². The molecule has 4 nitrogen and oxygen atoms in total. The van der Waals surface area contributed by atoms with Crippen LogP contribution < -0.4 is 11.1 Å². The second-order valence-corrected chi connectivity index (χ2v) is 4.63. The molecule has 0 saturated heterocycles. The molecule has 4 heteroatoms. The number of nitrogens with one attached hydrogen (secondary N) is 1. The van der Waals surface area contributed by atoms with Crippen LogP contribution in [0, 0.1) is 5.92 Å². The van der Waals surface area contributed by atoms with Gasteiger partial charge in [0, 0.05) is 13.7 Å². The number of ether oxygens (including phenoxy) is 1. The van der Waals surface area contributed by atoms with Gasteiger partial charge in [-0.3, -0.25) is 4.79 Å². The highest BCUT2D eigenvalue weighted by molar-refractivity contribution is 5.85. The molecule has 0 spiro atoms.